The van der Waals surface area contributed by atoms with E-state index in [-0.39, 0.29) is 5.25 Å². The first-order chi connectivity index (χ1) is 9.52. The molecule has 1 aliphatic rings. The molecule has 0 radical (unpaired) electrons. The Bertz CT molecular complexity index is 705. The molecule has 1 aromatic heterocycles. The van der Waals surface area contributed by atoms with E-state index in [1.54, 1.807) is 6.26 Å². The van der Waals surface area contributed by atoms with Crippen molar-refractivity contribution >= 4 is 20.8 Å². The summed E-state index contributed by atoms with van der Waals surface area (Å²) in [6, 6.07) is 8.18. The molecule has 0 N–H and O–H groups in total. The van der Waals surface area contributed by atoms with E-state index in [9.17, 15) is 8.42 Å². The minimum absolute atomic E-state index is 0.182. The summed E-state index contributed by atoms with van der Waals surface area (Å²) >= 11 is 0. The van der Waals surface area contributed by atoms with Crippen LogP contribution in [0.3, 0.4) is 0 Å². The fourth-order valence-corrected chi connectivity index (χ4v) is 3.82. The zero-order valence-corrected chi connectivity index (χ0v) is 12.4. The van der Waals surface area contributed by atoms with Crippen molar-refractivity contribution in [2.24, 2.45) is 0 Å². The Balaban J connectivity index is 1.60. The highest BCUT2D eigenvalue weighted by molar-refractivity contribution is 7.91. The van der Waals surface area contributed by atoms with Gasteiger partial charge in [-0.1, -0.05) is 6.07 Å². The maximum Gasteiger partial charge on any atom is 0.151 e. The fraction of sp³-hybridized carbons (Fsp3) is 0.467. The van der Waals surface area contributed by atoms with Crippen LogP contribution in [0.5, 0.6) is 0 Å². The largest absolute Gasteiger partial charge is 0.464 e. The van der Waals surface area contributed by atoms with Crippen LogP contribution in [0.25, 0.3) is 11.0 Å². The first kappa shape index (κ1) is 13.6. The lowest BCUT2D eigenvalue weighted by Gasteiger charge is -2.15. The van der Waals surface area contributed by atoms with E-state index in [0.29, 0.717) is 6.54 Å². The lowest BCUT2D eigenvalue weighted by Crippen LogP contribution is -2.27. The Labute approximate surface area is 119 Å². The number of nitrogens with zero attached hydrogens (tertiary/aromatic N) is 1. The predicted molar refractivity (Wildman–Crippen MR) is 79.6 cm³/mol. The molecule has 3 rings (SSSR count). The minimum atomic E-state index is -2.89. The smallest absolute Gasteiger partial charge is 0.151 e. The average Bonchev–Trinajstić information content (AvgIpc) is 3.04. The Kier molecular flexibility index (Phi) is 3.56. The van der Waals surface area contributed by atoms with Gasteiger partial charge in [0, 0.05) is 24.7 Å². The summed E-state index contributed by atoms with van der Waals surface area (Å²) in [6.07, 6.45) is 4.75. The molecule has 20 heavy (non-hydrogen) atoms. The second kappa shape index (κ2) is 5.22. The van der Waals surface area contributed by atoms with Crippen molar-refractivity contribution < 1.29 is 12.8 Å². The van der Waals surface area contributed by atoms with Crippen molar-refractivity contribution in [2.75, 3.05) is 25.9 Å². The lowest BCUT2D eigenvalue weighted by atomic mass is 10.1. The Morgan fingerprint density at radius 3 is 2.95 bits per heavy atom. The zero-order valence-electron chi connectivity index (χ0n) is 11.6. The Morgan fingerprint density at radius 2 is 2.20 bits per heavy atom. The zero-order chi connectivity index (χ0) is 14.2. The van der Waals surface area contributed by atoms with Crippen LogP contribution in [0.15, 0.2) is 34.9 Å². The van der Waals surface area contributed by atoms with E-state index in [1.165, 1.54) is 11.8 Å². The third-order valence-electron chi connectivity index (χ3n) is 4.07. The maximum atomic E-state index is 11.5. The molecule has 1 aliphatic heterocycles. The van der Waals surface area contributed by atoms with Gasteiger partial charge in [0.1, 0.15) is 5.58 Å². The van der Waals surface area contributed by atoms with Gasteiger partial charge < -0.3 is 9.32 Å². The topological polar surface area (TPSA) is 50.5 Å². The number of benzene rings is 1. The molecular formula is C15H19NO3S. The summed E-state index contributed by atoms with van der Waals surface area (Å²) in [6.45, 7) is 2.47. The summed E-state index contributed by atoms with van der Waals surface area (Å²) in [7, 11) is -2.89. The number of rotatable bonds is 4. The maximum absolute atomic E-state index is 11.5. The molecule has 0 saturated carbocycles. The van der Waals surface area contributed by atoms with Crippen LogP contribution < -0.4 is 0 Å². The van der Waals surface area contributed by atoms with Crippen molar-refractivity contribution in [1.29, 1.82) is 0 Å². The van der Waals surface area contributed by atoms with Crippen LogP contribution in [0.4, 0.5) is 0 Å². The van der Waals surface area contributed by atoms with E-state index in [0.717, 1.165) is 36.9 Å². The van der Waals surface area contributed by atoms with Crippen LogP contribution in [0, 0.1) is 0 Å². The van der Waals surface area contributed by atoms with E-state index in [1.807, 2.05) is 12.1 Å². The molecule has 0 aliphatic carbocycles. The van der Waals surface area contributed by atoms with Crippen molar-refractivity contribution in [3.05, 3.63) is 36.1 Å². The van der Waals surface area contributed by atoms with Crippen LogP contribution in [-0.2, 0) is 16.3 Å². The first-order valence-corrected chi connectivity index (χ1v) is 8.85. The Hall–Kier alpha value is -1.33. The summed E-state index contributed by atoms with van der Waals surface area (Å²) in [5.41, 5.74) is 2.17. The molecule has 1 fully saturated rings. The van der Waals surface area contributed by atoms with Gasteiger partial charge in [-0.15, -0.1) is 0 Å². The molecule has 1 unspecified atom stereocenters. The van der Waals surface area contributed by atoms with Gasteiger partial charge in [-0.05, 0) is 43.1 Å². The lowest BCUT2D eigenvalue weighted by molar-refractivity contribution is 0.343. The quantitative estimate of drug-likeness (QED) is 0.866. The molecule has 4 nitrogen and oxygen atoms in total. The van der Waals surface area contributed by atoms with Gasteiger partial charge in [0.2, 0.25) is 0 Å². The van der Waals surface area contributed by atoms with Crippen molar-refractivity contribution in [3.8, 4) is 0 Å². The number of sulfone groups is 1. The molecule has 0 amide bonds. The molecule has 108 valence electrons. The van der Waals surface area contributed by atoms with Crippen molar-refractivity contribution in [2.45, 2.75) is 18.1 Å². The number of hydrogen-bond acceptors (Lipinski definition) is 4. The molecule has 2 heterocycles. The fourth-order valence-electron chi connectivity index (χ4n) is 2.81. The van der Waals surface area contributed by atoms with Crippen molar-refractivity contribution in [3.63, 3.8) is 0 Å². The van der Waals surface area contributed by atoms with E-state index >= 15 is 0 Å². The summed E-state index contributed by atoms with van der Waals surface area (Å²) in [5, 5.41) is 0.941. The molecule has 5 heteroatoms. The second-order valence-corrected chi connectivity index (χ2v) is 7.91. The summed E-state index contributed by atoms with van der Waals surface area (Å²) in [5.74, 6) is 0. The van der Waals surface area contributed by atoms with Gasteiger partial charge >= 0.3 is 0 Å². The predicted octanol–water partition coefficient (Wildman–Crippen LogP) is 2.09. The highest BCUT2D eigenvalue weighted by Gasteiger charge is 2.29. The first-order valence-electron chi connectivity index (χ1n) is 6.90. The van der Waals surface area contributed by atoms with Gasteiger partial charge in [-0.3, -0.25) is 0 Å². The number of fused-ring (bicyclic) bond motifs is 1. The van der Waals surface area contributed by atoms with Crippen LogP contribution in [0.2, 0.25) is 0 Å². The third kappa shape index (κ3) is 2.88. The van der Waals surface area contributed by atoms with E-state index < -0.39 is 9.84 Å². The van der Waals surface area contributed by atoms with Gasteiger partial charge in [0.15, 0.2) is 9.84 Å². The number of hydrogen-bond donors (Lipinski definition) is 0. The van der Waals surface area contributed by atoms with Crippen molar-refractivity contribution in [1.82, 2.24) is 4.90 Å². The van der Waals surface area contributed by atoms with Gasteiger partial charge in [0.05, 0.1) is 11.5 Å². The number of likely N-dealkylation sites (tertiary alicyclic amines) is 1. The van der Waals surface area contributed by atoms with E-state index in [2.05, 4.69) is 17.0 Å². The Morgan fingerprint density at radius 1 is 1.35 bits per heavy atom. The number of furan rings is 1. The summed E-state index contributed by atoms with van der Waals surface area (Å²) < 4.78 is 28.4. The highest BCUT2D eigenvalue weighted by atomic mass is 32.2. The SMILES string of the molecule is CS(=O)(=O)C1CCN(CCc2ccc3occc3c2)C1. The summed E-state index contributed by atoms with van der Waals surface area (Å²) in [4.78, 5) is 2.24. The third-order valence-corrected chi connectivity index (χ3v) is 5.66. The molecule has 1 atom stereocenters. The van der Waals surface area contributed by atoms with E-state index in [4.69, 9.17) is 4.42 Å². The molecule has 0 bridgehead atoms. The second-order valence-electron chi connectivity index (χ2n) is 5.58. The van der Waals surface area contributed by atoms with Crippen LogP contribution >= 0.6 is 0 Å². The highest BCUT2D eigenvalue weighted by Crippen LogP contribution is 2.19. The van der Waals surface area contributed by atoms with Gasteiger partial charge in [-0.2, -0.15) is 0 Å². The molecule has 1 saturated heterocycles. The molecular weight excluding hydrogens is 274 g/mol. The normalized spacial score (nSPS) is 20.8. The van der Waals surface area contributed by atoms with Gasteiger partial charge in [-0.25, -0.2) is 8.42 Å². The standard InChI is InChI=1S/C15H19NO3S/c1-20(17,18)14-5-8-16(11-14)7-4-12-2-3-15-13(10-12)6-9-19-15/h2-3,6,9-10,14H,4-5,7-8,11H2,1H3. The minimum Gasteiger partial charge on any atom is -0.464 e. The molecule has 2 aromatic rings. The molecule has 1 aromatic carbocycles. The van der Waals surface area contributed by atoms with Gasteiger partial charge in [0.25, 0.3) is 0 Å². The average molecular weight is 293 g/mol. The van der Waals surface area contributed by atoms with Crippen LogP contribution in [0.1, 0.15) is 12.0 Å². The van der Waals surface area contributed by atoms with Crippen LogP contribution in [-0.4, -0.2) is 44.5 Å². The molecule has 0 spiro atoms. The monoisotopic (exact) mass is 293 g/mol.